The van der Waals surface area contributed by atoms with Gasteiger partial charge in [0, 0.05) is 11.0 Å². The van der Waals surface area contributed by atoms with Gasteiger partial charge in [0.1, 0.15) is 26.3 Å². The van der Waals surface area contributed by atoms with Gasteiger partial charge in [-0.3, -0.25) is 4.79 Å². The van der Waals surface area contributed by atoms with Crippen LogP contribution in [0.5, 0.6) is 11.5 Å². The molecule has 0 aromatic heterocycles. The predicted molar refractivity (Wildman–Crippen MR) is 86.5 cm³/mol. The minimum absolute atomic E-state index is 0.0889. The van der Waals surface area contributed by atoms with E-state index in [2.05, 4.69) is 20.8 Å². The Morgan fingerprint density at radius 2 is 1.70 bits per heavy atom. The number of hydrogen-bond acceptors (Lipinski definition) is 4. The van der Waals surface area contributed by atoms with Crippen LogP contribution in [-0.4, -0.2) is 51.3 Å². The van der Waals surface area contributed by atoms with Crippen LogP contribution in [0.1, 0.15) is 31.1 Å². The Bertz CT molecular complexity index is 573. The highest BCUT2D eigenvalue weighted by atomic mass is 16.6. The minimum Gasteiger partial charge on any atom is -0.486 e. The minimum atomic E-state index is -0.114. The van der Waals surface area contributed by atoms with Crippen molar-refractivity contribution in [2.75, 3.05) is 39.5 Å². The molecule has 2 aliphatic rings. The van der Waals surface area contributed by atoms with Gasteiger partial charge < -0.3 is 19.1 Å². The van der Waals surface area contributed by atoms with Crippen LogP contribution in [0.3, 0.4) is 0 Å². The molecule has 1 unspecified atom stereocenters. The van der Waals surface area contributed by atoms with E-state index < -0.39 is 0 Å². The molecule has 2 aliphatic heterocycles. The molecule has 5 nitrogen and oxygen atoms in total. The number of carbonyl (C=O) groups excluding carboxylic acids is 1. The second kappa shape index (κ2) is 6.49. The van der Waals surface area contributed by atoms with E-state index in [1.54, 1.807) is 0 Å². The Morgan fingerprint density at radius 3 is 2.35 bits per heavy atom. The second-order valence-corrected chi connectivity index (χ2v) is 7.29. The lowest BCUT2D eigenvalue weighted by molar-refractivity contribution is -0.929. The number of carbonyl (C=O) groups is 1. The molecular formula is C18H26NO4+. The largest absolute Gasteiger partial charge is 0.486 e. The molecule has 1 aromatic carbocycles. The molecule has 1 N–H and O–H groups in total. The van der Waals surface area contributed by atoms with Gasteiger partial charge in [0.15, 0.2) is 17.5 Å². The Hall–Kier alpha value is -1.59. The summed E-state index contributed by atoms with van der Waals surface area (Å²) in [7, 11) is 0. The number of rotatable bonds is 3. The number of fused-ring (bicyclic) bond motifs is 1. The van der Waals surface area contributed by atoms with Gasteiger partial charge in [0.2, 0.25) is 5.78 Å². The molecule has 0 spiro atoms. The summed E-state index contributed by atoms with van der Waals surface area (Å²) in [5.41, 5.74) is 0.588. The molecule has 1 fully saturated rings. The average molecular weight is 320 g/mol. The van der Waals surface area contributed by atoms with Crippen LogP contribution in [0.15, 0.2) is 18.2 Å². The van der Waals surface area contributed by atoms with Crippen molar-refractivity contribution in [1.29, 1.82) is 0 Å². The third-order valence-corrected chi connectivity index (χ3v) is 4.50. The van der Waals surface area contributed by atoms with Crippen LogP contribution in [0.2, 0.25) is 0 Å². The number of quaternary nitrogens is 1. The fourth-order valence-electron chi connectivity index (χ4n) is 3.48. The molecule has 23 heavy (non-hydrogen) atoms. The summed E-state index contributed by atoms with van der Waals surface area (Å²) >= 11 is 0. The van der Waals surface area contributed by atoms with E-state index in [0.717, 1.165) is 32.1 Å². The zero-order valence-corrected chi connectivity index (χ0v) is 14.2. The van der Waals surface area contributed by atoms with Gasteiger partial charge in [-0.15, -0.1) is 0 Å². The highest BCUT2D eigenvalue weighted by molar-refractivity contribution is 6.00. The first kappa shape index (κ1) is 16.3. The lowest BCUT2D eigenvalue weighted by Crippen LogP contribution is -3.19. The normalized spacial score (nSPS) is 20.1. The third-order valence-electron chi connectivity index (χ3n) is 4.50. The van der Waals surface area contributed by atoms with E-state index in [1.165, 1.54) is 4.90 Å². The molecule has 5 heteroatoms. The zero-order chi connectivity index (χ0) is 16.4. The summed E-state index contributed by atoms with van der Waals surface area (Å²) in [4.78, 5) is 14.5. The topological polar surface area (TPSA) is 49.2 Å². The van der Waals surface area contributed by atoms with E-state index in [-0.39, 0.29) is 17.2 Å². The van der Waals surface area contributed by atoms with Crippen molar-refractivity contribution in [3.05, 3.63) is 23.8 Å². The first-order chi connectivity index (χ1) is 11.0. The lowest BCUT2D eigenvalue weighted by Gasteiger charge is -2.37. The monoisotopic (exact) mass is 320 g/mol. The number of ketones is 1. The van der Waals surface area contributed by atoms with E-state index in [9.17, 15) is 4.79 Å². The molecule has 0 radical (unpaired) electrons. The van der Waals surface area contributed by atoms with Crippen molar-refractivity contribution < 1.29 is 23.9 Å². The molecule has 1 atom stereocenters. The van der Waals surface area contributed by atoms with Crippen molar-refractivity contribution >= 4 is 5.78 Å². The molecule has 1 saturated heterocycles. The summed E-state index contributed by atoms with van der Waals surface area (Å²) in [5.74, 6) is 1.57. The molecule has 1 aromatic rings. The van der Waals surface area contributed by atoms with Crippen LogP contribution in [-0.2, 0) is 4.74 Å². The van der Waals surface area contributed by atoms with Gasteiger partial charge in [-0.2, -0.15) is 0 Å². The molecule has 3 rings (SSSR count). The Morgan fingerprint density at radius 1 is 1.04 bits per heavy atom. The van der Waals surface area contributed by atoms with E-state index in [4.69, 9.17) is 14.2 Å². The maximum absolute atomic E-state index is 13.2. The molecule has 2 heterocycles. The number of ether oxygens (including phenoxy) is 3. The molecule has 0 saturated carbocycles. The first-order valence-electron chi connectivity index (χ1n) is 8.33. The van der Waals surface area contributed by atoms with Crippen molar-refractivity contribution in [2.24, 2.45) is 5.41 Å². The first-order valence-corrected chi connectivity index (χ1v) is 8.33. The summed E-state index contributed by atoms with van der Waals surface area (Å²) < 4.78 is 16.6. The van der Waals surface area contributed by atoms with Crippen LogP contribution < -0.4 is 14.4 Å². The van der Waals surface area contributed by atoms with Gasteiger partial charge in [-0.25, -0.2) is 0 Å². The van der Waals surface area contributed by atoms with Crippen molar-refractivity contribution in [3.8, 4) is 11.5 Å². The highest BCUT2D eigenvalue weighted by Crippen LogP contribution is 2.32. The molecule has 126 valence electrons. The number of hydrogen-bond donors (Lipinski definition) is 1. The van der Waals surface area contributed by atoms with Crippen molar-refractivity contribution in [1.82, 2.24) is 0 Å². The summed E-state index contributed by atoms with van der Waals surface area (Å²) in [5, 5.41) is 0. The number of nitrogens with one attached hydrogen (secondary N) is 1. The predicted octanol–water partition coefficient (Wildman–Crippen LogP) is 0.970. The van der Waals surface area contributed by atoms with Crippen LogP contribution in [0, 0.1) is 5.41 Å². The standard InChI is InChI=1S/C18H25NO4/c1-18(2,3)17(19-6-8-21-9-7-19)16(20)13-4-5-14-15(12-13)23-11-10-22-14/h4-5,12,17H,6-11H2,1-3H3/p+1. The van der Waals surface area contributed by atoms with Crippen molar-refractivity contribution in [3.63, 3.8) is 0 Å². The highest BCUT2D eigenvalue weighted by Gasteiger charge is 2.41. The van der Waals surface area contributed by atoms with E-state index in [1.807, 2.05) is 18.2 Å². The summed E-state index contributed by atoms with van der Waals surface area (Å²) in [6.07, 6.45) is 0. The average Bonchev–Trinajstić information content (AvgIpc) is 2.54. The van der Waals surface area contributed by atoms with Gasteiger partial charge in [-0.1, -0.05) is 20.8 Å². The van der Waals surface area contributed by atoms with Gasteiger partial charge in [0.25, 0.3) is 0 Å². The van der Waals surface area contributed by atoms with Crippen LogP contribution in [0.25, 0.3) is 0 Å². The smallest absolute Gasteiger partial charge is 0.220 e. The van der Waals surface area contributed by atoms with E-state index >= 15 is 0 Å². The quantitative estimate of drug-likeness (QED) is 0.843. The molecule has 0 aliphatic carbocycles. The fourth-order valence-corrected chi connectivity index (χ4v) is 3.48. The van der Waals surface area contributed by atoms with Crippen molar-refractivity contribution in [2.45, 2.75) is 26.8 Å². The summed E-state index contributed by atoms with van der Waals surface area (Å²) in [6, 6.07) is 5.44. The maximum Gasteiger partial charge on any atom is 0.220 e. The van der Waals surface area contributed by atoms with Crippen LogP contribution >= 0.6 is 0 Å². The second-order valence-electron chi connectivity index (χ2n) is 7.29. The van der Waals surface area contributed by atoms with Crippen LogP contribution in [0.4, 0.5) is 0 Å². The molecular weight excluding hydrogens is 294 g/mol. The Kier molecular flexibility index (Phi) is 4.60. The number of benzene rings is 1. The van der Waals surface area contributed by atoms with Gasteiger partial charge >= 0.3 is 0 Å². The fraction of sp³-hybridized carbons (Fsp3) is 0.611. The Balaban J connectivity index is 1.88. The lowest BCUT2D eigenvalue weighted by atomic mass is 9.80. The third kappa shape index (κ3) is 3.51. The zero-order valence-electron chi connectivity index (χ0n) is 14.2. The molecule has 0 bridgehead atoms. The maximum atomic E-state index is 13.2. The van der Waals surface area contributed by atoms with Gasteiger partial charge in [0.05, 0.1) is 13.2 Å². The number of Topliss-reactive ketones (excluding diaryl/α,β-unsaturated/α-hetero) is 1. The molecule has 0 amide bonds. The number of morpholine rings is 1. The van der Waals surface area contributed by atoms with E-state index in [0.29, 0.717) is 24.5 Å². The SMILES string of the molecule is CC(C)(C)C(C(=O)c1ccc2c(c1)OCCO2)[NH+]1CCOCC1. The summed E-state index contributed by atoms with van der Waals surface area (Å²) in [6.45, 7) is 10.7. The Labute approximate surface area is 137 Å². The van der Waals surface area contributed by atoms with Gasteiger partial charge in [-0.05, 0) is 18.2 Å².